The zero-order valence-corrected chi connectivity index (χ0v) is 9.86. The highest BCUT2D eigenvalue weighted by atomic mass is 19.1. The molecular weight excluding hydrogens is 221 g/mol. The van der Waals surface area contributed by atoms with Gasteiger partial charge in [-0.15, -0.1) is 0 Å². The molecule has 0 radical (unpaired) electrons. The fourth-order valence-corrected chi connectivity index (χ4v) is 2.28. The summed E-state index contributed by atoms with van der Waals surface area (Å²) in [5.41, 5.74) is 0.404. The van der Waals surface area contributed by atoms with Crippen LogP contribution < -0.4 is 0 Å². The predicted molar refractivity (Wildman–Crippen MR) is 62.0 cm³/mol. The lowest BCUT2D eigenvalue weighted by Crippen LogP contribution is -2.33. The van der Waals surface area contributed by atoms with E-state index in [1.165, 1.54) is 13.2 Å². The van der Waals surface area contributed by atoms with Gasteiger partial charge in [-0.25, -0.2) is 9.18 Å². The Morgan fingerprint density at radius 1 is 1.35 bits per heavy atom. The van der Waals surface area contributed by atoms with Crippen LogP contribution in [0.25, 0.3) is 0 Å². The quantitative estimate of drug-likeness (QED) is 0.754. The average molecular weight is 237 g/mol. The standard InChI is InChI=1S/C13H16FNO2/c1-17-13(16)12(15-8-4-5-9-15)10-6-2-3-7-11(10)14/h2-3,6-7,12H,4-5,8-9H2,1H3. The van der Waals surface area contributed by atoms with E-state index in [-0.39, 0.29) is 5.82 Å². The fourth-order valence-electron chi connectivity index (χ4n) is 2.28. The van der Waals surface area contributed by atoms with Gasteiger partial charge in [0.05, 0.1) is 7.11 Å². The third-order valence-electron chi connectivity index (χ3n) is 3.13. The largest absolute Gasteiger partial charge is 0.468 e. The molecule has 1 aromatic carbocycles. The summed E-state index contributed by atoms with van der Waals surface area (Å²) in [6.45, 7) is 1.63. The van der Waals surface area contributed by atoms with Gasteiger partial charge in [-0.1, -0.05) is 18.2 Å². The molecule has 1 heterocycles. The Morgan fingerprint density at radius 3 is 2.59 bits per heavy atom. The van der Waals surface area contributed by atoms with Crippen LogP contribution in [0.15, 0.2) is 24.3 Å². The van der Waals surface area contributed by atoms with Crippen LogP contribution in [0.1, 0.15) is 24.4 Å². The summed E-state index contributed by atoms with van der Waals surface area (Å²) in [4.78, 5) is 13.8. The number of methoxy groups -OCH3 is 1. The first-order chi connectivity index (χ1) is 8.24. The minimum atomic E-state index is -0.608. The van der Waals surface area contributed by atoms with Crippen LogP contribution in [0.4, 0.5) is 4.39 Å². The second-order valence-corrected chi connectivity index (χ2v) is 4.19. The fraction of sp³-hybridized carbons (Fsp3) is 0.462. The zero-order valence-electron chi connectivity index (χ0n) is 9.86. The van der Waals surface area contributed by atoms with Gasteiger partial charge in [0.2, 0.25) is 0 Å². The highest BCUT2D eigenvalue weighted by Crippen LogP contribution is 2.27. The van der Waals surface area contributed by atoms with E-state index in [1.54, 1.807) is 18.2 Å². The molecule has 0 bridgehead atoms. The lowest BCUT2D eigenvalue weighted by molar-refractivity contribution is -0.147. The van der Waals surface area contributed by atoms with Gasteiger partial charge in [-0.05, 0) is 32.0 Å². The number of hydrogen-bond donors (Lipinski definition) is 0. The monoisotopic (exact) mass is 237 g/mol. The van der Waals surface area contributed by atoms with Crippen LogP contribution in [0.3, 0.4) is 0 Å². The SMILES string of the molecule is COC(=O)C(c1ccccc1F)N1CCCC1. The molecule has 1 unspecified atom stereocenters. The number of likely N-dealkylation sites (tertiary alicyclic amines) is 1. The van der Waals surface area contributed by atoms with E-state index in [1.807, 2.05) is 4.90 Å². The van der Waals surface area contributed by atoms with E-state index in [0.717, 1.165) is 25.9 Å². The van der Waals surface area contributed by atoms with Gasteiger partial charge < -0.3 is 4.74 Å². The van der Waals surface area contributed by atoms with Crippen molar-refractivity contribution < 1.29 is 13.9 Å². The molecule has 1 aromatic rings. The Bertz CT molecular complexity index is 402. The van der Waals surface area contributed by atoms with E-state index >= 15 is 0 Å². The first-order valence-electron chi connectivity index (χ1n) is 5.80. The number of ether oxygens (including phenoxy) is 1. The van der Waals surface area contributed by atoms with Crippen molar-refractivity contribution in [1.29, 1.82) is 0 Å². The lowest BCUT2D eigenvalue weighted by Gasteiger charge is -2.25. The second kappa shape index (κ2) is 5.27. The minimum absolute atomic E-state index is 0.352. The number of halogens is 1. The van der Waals surface area contributed by atoms with Crippen molar-refractivity contribution in [2.24, 2.45) is 0 Å². The lowest BCUT2D eigenvalue weighted by atomic mass is 10.1. The maximum absolute atomic E-state index is 13.8. The van der Waals surface area contributed by atoms with Gasteiger partial charge in [0, 0.05) is 5.56 Å². The maximum atomic E-state index is 13.8. The van der Waals surface area contributed by atoms with Gasteiger partial charge in [-0.3, -0.25) is 4.90 Å². The molecule has 1 saturated heterocycles. The van der Waals surface area contributed by atoms with Crippen LogP contribution >= 0.6 is 0 Å². The summed E-state index contributed by atoms with van der Waals surface area (Å²) >= 11 is 0. The molecule has 0 aliphatic carbocycles. The number of benzene rings is 1. The van der Waals surface area contributed by atoms with Crippen molar-refractivity contribution in [1.82, 2.24) is 4.90 Å². The molecule has 0 amide bonds. The summed E-state index contributed by atoms with van der Waals surface area (Å²) < 4.78 is 18.5. The van der Waals surface area contributed by atoms with Gasteiger partial charge in [0.1, 0.15) is 11.9 Å². The first kappa shape index (κ1) is 12.0. The minimum Gasteiger partial charge on any atom is -0.468 e. The van der Waals surface area contributed by atoms with Crippen LogP contribution in [0.2, 0.25) is 0 Å². The van der Waals surface area contributed by atoms with Crippen molar-refractivity contribution in [2.45, 2.75) is 18.9 Å². The molecule has 92 valence electrons. The number of rotatable bonds is 3. The van der Waals surface area contributed by atoms with E-state index in [2.05, 4.69) is 0 Å². The molecule has 1 fully saturated rings. The van der Waals surface area contributed by atoms with Crippen LogP contribution in [-0.2, 0) is 9.53 Å². The molecule has 4 heteroatoms. The summed E-state index contributed by atoms with van der Waals surface area (Å²) in [6, 6.07) is 5.78. The molecule has 3 nitrogen and oxygen atoms in total. The smallest absolute Gasteiger partial charge is 0.327 e. The Kier molecular flexibility index (Phi) is 3.74. The normalized spacial score (nSPS) is 18.0. The van der Waals surface area contributed by atoms with Crippen LogP contribution in [-0.4, -0.2) is 31.1 Å². The first-order valence-corrected chi connectivity index (χ1v) is 5.80. The topological polar surface area (TPSA) is 29.5 Å². The third-order valence-corrected chi connectivity index (χ3v) is 3.13. The van der Waals surface area contributed by atoms with Gasteiger partial charge in [0.15, 0.2) is 0 Å². The molecule has 1 aliphatic heterocycles. The number of nitrogens with zero attached hydrogens (tertiary/aromatic N) is 1. The van der Waals surface area contributed by atoms with E-state index < -0.39 is 12.0 Å². The third kappa shape index (κ3) is 2.47. The average Bonchev–Trinajstić information content (AvgIpc) is 2.85. The molecule has 0 saturated carbocycles. The molecule has 17 heavy (non-hydrogen) atoms. The Hall–Kier alpha value is -1.42. The van der Waals surface area contributed by atoms with Crippen molar-refractivity contribution in [3.8, 4) is 0 Å². The highest BCUT2D eigenvalue weighted by Gasteiger charge is 2.32. The van der Waals surface area contributed by atoms with E-state index in [4.69, 9.17) is 4.74 Å². The predicted octanol–water partition coefficient (Wildman–Crippen LogP) is 2.14. The molecule has 0 N–H and O–H groups in total. The maximum Gasteiger partial charge on any atom is 0.327 e. The van der Waals surface area contributed by atoms with Gasteiger partial charge >= 0.3 is 5.97 Å². The Labute approximate surface area is 100 Å². The number of esters is 1. The van der Waals surface area contributed by atoms with Crippen molar-refractivity contribution >= 4 is 5.97 Å². The molecule has 0 spiro atoms. The molecule has 2 rings (SSSR count). The Morgan fingerprint density at radius 2 is 2.00 bits per heavy atom. The number of carbonyl (C=O) groups is 1. The number of hydrogen-bond acceptors (Lipinski definition) is 3. The summed E-state index contributed by atoms with van der Waals surface area (Å²) in [5.74, 6) is -0.744. The van der Waals surface area contributed by atoms with Crippen molar-refractivity contribution in [2.75, 3.05) is 20.2 Å². The molecular formula is C13H16FNO2. The highest BCUT2D eigenvalue weighted by molar-refractivity contribution is 5.77. The summed E-state index contributed by atoms with van der Waals surface area (Å²) in [7, 11) is 1.34. The Balaban J connectivity index is 2.32. The second-order valence-electron chi connectivity index (χ2n) is 4.19. The van der Waals surface area contributed by atoms with E-state index in [9.17, 15) is 9.18 Å². The van der Waals surface area contributed by atoms with Gasteiger partial charge in [-0.2, -0.15) is 0 Å². The van der Waals surface area contributed by atoms with E-state index in [0.29, 0.717) is 5.56 Å². The number of carbonyl (C=O) groups excluding carboxylic acids is 1. The van der Waals surface area contributed by atoms with Crippen LogP contribution in [0.5, 0.6) is 0 Å². The van der Waals surface area contributed by atoms with Crippen LogP contribution in [0, 0.1) is 5.82 Å². The molecule has 0 aromatic heterocycles. The summed E-state index contributed by atoms with van der Waals surface area (Å²) in [5, 5.41) is 0. The van der Waals surface area contributed by atoms with Crippen molar-refractivity contribution in [3.05, 3.63) is 35.6 Å². The van der Waals surface area contributed by atoms with Crippen molar-refractivity contribution in [3.63, 3.8) is 0 Å². The van der Waals surface area contributed by atoms with Gasteiger partial charge in [0.25, 0.3) is 0 Å². The molecule has 1 atom stereocenters. The molecule has 1 aliphatic rings. The zero-order chi connectivity index (χ0) is 12.3. The summed E-state index contributed by atoms with van der Waals surface area (Å²) in [6.07, 6.45) is 2.09.